The second kappa shape index (κ2) is 13.0. The Morgan fingerprint density at radius 1 is 0.404 bits per heavy atom. The van der Waals surface area contributed by atoms with E-state index in [2.05, 4.69) is 162 Å². The Kier molecular flexibility index (Phi) is 7.75. The Morgan fingerprint density at radius 3 is 1.42 bits per heavy atom. The fourth-order valence-electron chi connectivity index (χ4n) is 7.30. The molecule has 9 aromatic rings. The molecule has 0 saturated heterocycles. The molecule has 246 valence electrons. The van der Waals surface area contributed by atoms with Crippen LogP contribution >= 0.6 is 0 Å². The summed E-state index contributed by atoms with van der Waals surface area (Å²) in [5.41, 5.74) is 12.7. The molecule has 52 heavy (non-hydrogen) atoms. The van der Waals surface area contributed by atoms with E-state index in [0.29, 0.717) is 0 Å². The van der Waals surface area contributed by atoms with Crippen molar-refractivity contribution in [3.05, 3.63) is 194 Å². The van der Waals surface area contributed by atoms with Crippen LogP contribution in [0.5, 0.6) is 0 Å². The van der Waals surface area contributed by atoms with Gasteiger partial charge >= 0.3 is 0 Å². The van der Waals surface area contributed by atoms with Crippen molar-refractivity contribution in [2.24, 2.45) is 0 Å². The number of benzene rings is 7. The third-order valence-corrected chi connectivity index (χ3v) is 9.75. The molecule has 0 unspecified atom stereocenters. The summed E-state index contributed by atoms with van der Waals surface area (Å²) in [6.07, 6.45) is 3.63. The summed E-state index contributed by atoms with van der Waals surface area (Å²) in [6, 6.07) is 59.7. The highest BCUT2D eigenvalue weighted by molar-refractivity contribution is 6.04. The molecule has 9 rings (SSSR count). The van der Waals surface area contributed by atoms with E-state index in [4.69, 9.17) is 9.97 Å². The Hall–Kier alpha value is -7.04. The maximum absolute atomic E-state index is 5.07. The van der Waals surface area contributed by atoms with Crippen molar-refractivity contribution >= 4 is 34.0 Å². The summed E-state index contributed by atoms with van der Waals surface area (Å²) >= 11 is 0. The first-order chi connectivity index (χ1) is 25.7. The highest BCUT2D eigenvalue weighted by Gasteiger charge is 2.18. The van der Waals surface area contributed by atoms with Crippen LogP contribution in [0, 0.1) is 0 Å². The monoisotopic (exact) mass is 666 g/mol. The number of para-hydroxylation sites is 4. The number of hydrogen-bond acceptors (Lipinski definition) is 2. The molecule has 0 N–H and O–H groups in total. The quantitative estimate of drug-likeness (QED) is 0.162. The average molecular weight is 667 g/mol. The van der Waals surface area contributed by atoms with Crippen molar-refractivity contribution in [3.8, 4) is 56.4 Å². The molecule has 0 saturated carbocycles. The first-order valence-electron chi connectivity index (χ1n) is 17.4. The van der Waals surface area contributed by atoms with Gasteiger partial charge in [-0.1, -0.05) is 147 Å². The largest absolute Gasteiger partial charge is 0.292 e. The van der Waals surface area contributed by atoms with E-state index in [-0.39, 0.29) is 0 Å². The fourth-order valence-corrected chi connectivity index (χ4v) is 7.30. The Balaban J connectivity index is 1.08. The summed E-state index contributed by atoms with van der Waals surface area (Å²) in [7, 11) is 0. The van der Waals surface area contributed by atoms with Crippen LogP contribution in [0.15, 0.2) is 183 Å². The van der Waals surface area contributed by atoms with E-state index in [0.717, 1.165) is 67.7 Å². The van der Waals surface area contributed by atoms with E-state index in [1.54, 1.807) is 6.08 Å². The number of nitrogens with zero attached hydrogens (tertiary/aromatic N) is 4. The summed E-state index contributed by atoms with van der Waals surface area (Å²) in [5, 5.41) is 2.41. The zero-order valence-corrected chi connectivity index (χ0v) is 28.5. The molecule has 7 aromatic carbocycles. The molecule has 0 aliphatic carbocycles. The lowest BCUT2D eigenvalue weighted by Crippen LogP contribution is -1.99. The summed E-state index contributed by atoms with van der Waals surface area (Å²) < 4.78 is 4.39. The van der Waals surface area contributed by atoms with Crippen molar-refractivity contribution < 1.29 is 0 Å². The van der Waals surface area contributed by atoms with E-state index in [9.17, 15) is 0 Å². The normalized spacial score (nSPS) is 11.2. The zero-order chi connectivity index (χ0) is 35.0. The fraction of sp³-hybridized carbons (Fsp3) is 0. The number of hydrogen-bond donors (Lipinski definition) is 0. The van der Waals surface area contributed by atoms with E-state index >= 15 is 0 Å². The van der Waals surface area contributed by atoms with Crippen molar-refractivity contribution in [2.45, 2.75) is 0 Å². The Labute approximate surface area is 302 Å². The van der Waals surface area contributed by atoms with Crippen molar-refractivity contribution in [1.29, 1.82) is 0 Å². The van der Waals surface area contributed by atoms with Gasteiger partial charge in [0, 0.05) is 22.5 Å². The van der Waals surface area contributed by atoms with Gasteiger partial charge in [0.05, 0.1) is 22.4 Å². The highest BCUT2D eigenvalue weighted by atomic mass is 15.1. The van der Waals surface area contributed by atoms with E-state index < -0.39 is 0 Å². The zero-order valence-electron chi connectivity index (χ0n) is 28.5. The average Bonchev–Trinajstić information content (AvgIpc) is 3.80. The van der Waals surface area contributed by atoms with Gasteiger partial charge in [-0.05, 0) is 81.6 Å². The molecule has 0 bridgehead atoms. The first-order valence-corrected chi connectivity index (χ1v) is 17.4. The molecule has 0 fully saturated rings. The summed E-state index contributed by atoms with van der Waals surface area (Å²) in [4.78, 5) is 10.0. The third-order valence-electron chi connectivity index (χ3n) is 9.75. The molecular formula is C48H34N4. The molecule has 0 amide bonds. The SMILES string of the molecule is C=Cc1nc(-c2ccc(-c3cccc4c(-c5ccc(-c6nc7ccccc7n6-c6ccccc6)cc5)cccc34)cc2)n(-c2ccccc2)c1C=C. The molecule has 2 heterocycles. The number of rotatable bonds is 8. The van der Waals surface area contributed by atoms with Crippen LogP contribution in [-0.4, -0.2) is 19.1 Å². The lowest BCUT2D eigenvalue weighted by molar-refractivity contribution is 1.05. The minimum absolute atomic E-state index is 0.808. The summed E-state index contributed by atoms with van der Waals surface area (Å²) in [5.74, 6) is 1.78. The molecule has 0 aliphatic heterocycles. The number of imidazole rings is 2. The van der Waals surface area contributed by atoms with Crippen LogP contribution in [0.1, 0.15) is 11.4 Å². The van der Waals surface area contributed by atoms with Gasteiger partial charge in [0.25, 0.3) is 0 Å². The van der Waals surface area contributed by atoms with Crippen LogP contribution in [0.25, 0.3) is 90.4 Å². The van der Waals surface area contributed by atoms with Crippen LogP contribution in [0.4, 0.5) is 0 Å². The lowest BCUT2D eigenvalue weighted by atomic mass is 9.92. The lowest BCUT2D eigenvalue weighted by Gasteiger charge is -2.13. The molecule has 0 aliphatic rings. The second-order valence-corrected chi connectivity index (χ2v) is 12.7. The van der Waals surface area contributed by atoms with Gasteiger partial charge in [-0.2, -0.15) is 0 Å². The van der Waals surface area contributed by atoms with Crippen LogP contribution in [-0.2, 0) is 0 Å². The molecular weight excluding hydrogens is 633 g/mol. The standard InChI is InChI=1S/C48H34N4/c1-3-43-45(4-2)51(37-15-7-5-8-16-37)47(49-43)35-29-25-33(26-30-35)39-19-13-22-42-40(20-14-21-41(39)42)34-27-31-36(32-28-34)48-50-44-23-11-12-24-46(44)52(48)38-17-9-6-10-18-38/h3-32H,1-2H2. The van der Waals surface area contributed by atoms with Crippen molar-refractivity contribution in [1.82, 2.24) is 19.1 Å². The highest BCUT2D eigenvalue weighted by Crippen LogP contribution is 2.37. The first kappa shape index (κ1) is 31.0. The number of fused-ring (bicyclic) bond motifs is 2. The van der Waals surface area contributed by atoms with Crippen molar-refractivity contribution in [2.75, 3.05) is 0 Å². The van der Waals surface area contributed by atoms with Gasteiger partial charge < -0.3 is 0 Å². The molecule has 4 nitrogen and oxygen atoms in total. The molecule has 0 spiro atoms. The van der Waals surface area contributed by atoms with Crippen LogP contribution in [0.3, 0.4) is 0 Å². The topological polar surface area (TPSA) is 35.6 Å². The van der Waals surface area contributed by atoms with Gasteiger partial charge in [-0.15, -0.1) is 0 Å². The van der Waals surface area contributed by atoms with Crippen LogP contribution < -0.4 is 0 Å². The third kappa shape index (κ3) is 5.26. The molecule has 4 heteroatoms. The summed E-state index contributed by atoms with van der Waals surface area (Å²) in [6.45, 7) is 8.08. The maximum atomic E-state index is 5.07. The number of aromatic nitrogens is 4. The molecule has 0 radical (unpaired) electrons. The van der Waals surface area contributed by atoms with Gasteiger partial charge in [0.1, 0.15) is 11.6 Å². The minimum Gasteiger partial charge on any atom is -0.292 e. The predicted molar refractivity (Wildman–Crippen MR) is 218 cm³/mol. The van der Waals surface area contributed by atoms with E-state index in [1.807, 2.05) is 36.4 Å². The van der Waals surface area contributed by atoms with E-state index in [1.165, 1.54) is 21.9 Å². The second-order valence-electron chi connectivity index (χ2n) is 12.7. The van der Waals surface area contributed by atoms with Gasteiger partial charge in [0.15, 0.2) is 0 Å². The van der Waals surface area contributed by atoms with Crippen LogP contribution in [0.2, 0.25) is 0 Å². The molecule has 0 atom stereocenters. The van der Waals surface area contributed by atoms with Gasteiger partial charge in [-0.25, -0.2) is 9.97 Å². The van der Waals surface area contributed by atoms with Crippen molar-refractivity contribution in [3.63, 3.8) is 0 Å². The Morgan fingerprint density at radius 2 is 0.885 bits per heavy atom. The predicted octanol–water partition coefficient (Wildman–Crippen LogP) is 12.3. The molecule has 2 aromatic heterocycles. The van der Waals surface area contributed by atoms with Gasteiger partial charge in [0.2, 0.25) is 0 Å². The Bertz CT molecular complexity index is 2730. The minimum atomic E-state index is 0.808. The smallest absolute Gasteiger partial charge is 0.145 e. The van der Waals surface area contributed by atoms with Gasteiger partial charge in [-0.3, -0.25) is 9.13 Å². The maximum Gasteiger partial charge on any atom is 0.145 e.